The van der Waals surface area contributed by atoms with Crippen molar-refractivity contribution in [2.45, 2.75) is 0 Å². The van der Waals surface area contributed by atoms with Gasteiger partial charge in [-0.15, -0.1) is 11.3 Å². The molecule has 4 aromatic heterocycles. The largest absolute Gasteiger partial charge is 0.308 e. The van der Waals surface area contributed by atoms with Crippen LogP contribution in [0.25, 0.3) is 109 Å². The zero-order valence-corrected chi connectivity index (χ0v) is 35.3. The molecule has 0 saturated carbocycles. The summed E-state index contributed by atoms with van der Waals surface area (Å²) < 4.78 is 7.45. The summed E-state index contributed by atoms with van der Waals surface area (Å²) >= 11 is 1.89. The van der Waals surface area contributed by atoms with E-state index in [1.807, 2.05) is 17.4 Å². The fourth-order valence-corrected chi connectivity index (χ4v) is 11.9. The Bertz CT molecular complexity index is 3930. The number of benzene rings is 9. The Balaban J connectivity index is 1.03. The Morgan fingerprint density at radius 3 is 1.83 bits per heavy atom. The summed E-state index contributed by atoms with van der Waals surface area (Å²) in [5.41, 5.74) is 15.4. The number of para-hydroxylation sites is 2. The van der Waals surface area contributed by atoms with Crippen LogP contribution in [-0.2, 0) is 0 Å². The summed E-state index contributed by atoms with van der Waals surface area (Å²) in [7, 11) is 0. The monoisotopic (exact) mass is 830 g/mol. The third-order valence-electron chi connectivity index (χ3n) is 13.4. The van der Waals surface area contributed by atoms with Crippen molar-refractivity contribution in [1.29, 1.82) is 0 Å². The van der Waals surface area contributed by atoms with Crippen molar-refractivity contribution in [2.24, 2.45) is 0 Å². The Morgan fingerprint density at radius 2 is 1.06 bits per heavy atom. The van der Waals surface area contributed by atoms with Gasteiger partial charge in [0.2, 0.25) is 6.71 Å². The topological polar surface area (TPSA) is 35.6 Å². The second-order valence-corrected chi connectivity index (χ2v) is 17.9. The third-order valence-corrected chi connectivity index (χ3v) is 14.6. The molecule has 0 atom stereocenters. The molecule has 296 valence electrons. The highest BCUT2D eigenvalue weighted by Crippen LogP contribution is 2.45. The first-order chi connectivity index (χ1) is 31.8. The van der Waals surface area contributed by atoms with Crippen LogP contribution in [0.4, 0.5) is 0 Å². The van der Waals surface area contributed by atoms with E-state index in [4.69, 9.17) is 9.97 Å². The lowest BCUT2D eigenvalue weighted by atomic mass is 9.39. The van der Waals surface area contributed by atoms with Crippen molar-refractivity contribution >= 4 is 98.2 Å². The average Bonchev–Trinajstić information content (AvgIpc) is 4.11. The van der Waals surface area contributed by atoms with Crippen LogP contribution in [0.2, 0.25) is 0 Å². The fourth-order valence-electron chi connectivity index (χ4n) is 10.7. The predicted molar refractivity (Wildman–Crippen MR) is 271 cm³/mol. The molecule has 1 aliphatic heterocycles. The van der Waals surface area contributed by atoms with Crippen LogP contribution in [0.3, 0.4) is 0 Å². The Hall–Kier alpha value is -8.06. The summed E-state index contributed by atoms with van der Waals surface area (Å²) in [4.78, 5) is 10.6. The van der Waals surface area contributed by atoms with Gasteiger partial charge in [-0.2, -0.15) is 0 Å². The van der Waals surface area contributed by atoms with E-state index in [2.05, 4.69) is 215 Å². The van der Waals surface area contributed by atoms with Crippen LogP contribution in [0.5, 0.6) is 0 Å². The minimum atomic E-state index is 0.198. The van der Waals surface area contributed by atoms with E-state index in [1.54, 1.807) is 0 Å². The molecule has 0 unspecified atom stereocenters. The SMILES string of the molecule is c1ccc(-c2cc(-n3c4ccccc4c4ccc5c(c6ccccc6n5-c5cccc6c5sc5ccc(B7c8ccccc8-c8ccccc87)cc56)c43)nc(-c3ccccc3)n2)cc1. The Kier molecular flexibility index (Phi) is 7.62. The number of rotatable bonds is 5. The van der Waals surface area contributed by atoms with Crippen molar-refractivity contribution in [2.75, 3.05) is 0 Å². The zero-order valence-electron chi connectivity index (χ0n) is 34.5. The standard InChI is InChI=1S/C58H35BN4S/c1-3-16-36(17-4-1)48-35-54(61-58(60-48)37-18-5-2-6-19-37)63-49-27-13-9-22-41(49)42-31-32-51-55(56(42)63)44-23-10-14-28-50(44)62(51)52-29-15-24-43-45-34-38(30-33-53(45)64-57(43)52)59-46-25-11-7-20-39(46)40-21-8-12-26-47(40)59/h1-35H. The maximum absolute atomic E-state index is 5.40. The second-order valence-electron chi connectivity index (χ2n) is 16.8. The van der Waals surface area contributed by atoms with Crippen LogP contribution in [-0.4, -0.2) is 25.8 Å². The molecule has 1 aliphatic rings. The first-order valence-corrected chi connectivity index (χ1v) is 22.7. The molecular weight excluding hydrogens is 796 g/mol. The summed E-state index contributed by atoms with van der Waals surface area (Å²) in [5.74, 6) is 1.52. The van der Waals surface area contributed by atoms with Gasteiger partial charge >= 0.3 is 0 Å². The fraction of sp³-hybridized carbons (Fsp3) is 0. The molecule has 0 radical (unpaired) electrons. The number of hydrogen-bond acceptors (Lipinski definition) is 3. The predicted octanol–water partition coefficient (Wildman–Crippen LogP) is 12.9. The Morgan fingerprint density at radius 1 is 0.422 bits per heavy atom. The highest BCUT2D eigenvalue weighted by molar-refractivity contribution is 7.26. The number of aromatic nitrogens is 4. The molecule has 0 bridgehead atoms. The van der Waals surface area contributed by atoms with Crippen molar-refractivity contribution in [1.82, 2.24) is 19.1 Å². The van der Waals surface area contributed by atoms with Gasteiger partial charge in [-0.3, -0.25) is 4.57 Å². The summed E-state index contributed by atoms with van der Waals surface area (Å²) in [5, 5.41) is 7.36. The molecule has 0 aliphatic carbocycles. The molecule has 9 aromatic carbocycles. The molecule has 4 nitrogen and oxygen atoms in total. The van der Waals surface area contributed by atoms with Crippen LogP contribution in [0, 0.1) is 0 Å². The summed E-state index contributed by atoms with van der Waals surface area (Å²) in [6.07, 6.45) is 0. The normalized spacial score (nSPS) is 12.3. The van der Waals surface area contributed by atoms with Gasteiger partial charge in [0.05, 0.1) is 38.1 Å². The molecule has 0 saturated heterocycles. The lowest BCUT2D eigenvalue weighted by Crippen LogP contribution is -2.48. The second kappa shape index (κ2) is 13.7. The first kappa shape index (κ1) is 35.5. The van der Waals surface area contributed by atoms with Gasteiger partial charge in [0.25, 0.3) is 0 Å². The molecule has 6 heteroatoms. The molecule has 5 heterocycles. The van der Waals surface area contributed by atoms with E-state index in [9.17, 15) is 0 Å². The van der Waals surface area contributed by atoms with Crippen molar-refractivity contribution in [3.63, 3.8) is 0 Å². The highest BCUT2D eigenvalue weighted by Gasteiger charge is 2.33. The molecule has 0 spiro atoms. The molecule has 0 N–H and O–H groups in total. The smallest absolute Gasteiger partial charge is 0.242 e. The summed E-state index contributed by atoms with van der Waals surface area (Å²) in [6, 6.07) is 77.1. The van der Waals surface area contributed by atoms with E-state index in [0.717, 1.165) is 39.2 Å². The average molecular weight is 831 g/mol. The van der Waals surface area contributed by atoms with Crippen LogP contribution >= 0.6 is 11.3 Å². The van der Waals surface area contributed by atoms with Crippen molar-refractivity contribution < 1.29 is 0 Å². The van der Waals surface area contributed by atoms with E-state index < -0.39 is 0 Å². The number of nitrogens with zero attached hydrogens (tertiary/aromatic N) is 4. The maximum atomic E-state index is 5.40. The molecule has 0 amide bonds. The van der Waals surface area contributed by atoms with Crippen LogP contribution in [0.1, 0.15) is 0 Å². The number of fused-ring (bicyclic) bond motifs is 13. The Labute approximate surface area is 373 Å². The van der Waals surface area contributed by atoms with E-state index in [-0.39, 0.29) is 6.71 Å². The lowest BCUT2D eigenvalue weighted by Gasteiger charge is -2.13. The number of thiophene rings is 1. The molecular formula is C58H35BN4S. The summed E-state index contributed by atoms with van der Waals surface area (Å²) in [6.45, 7) is 0.198. The minimum absolute atomic E-state index is 0.198. The van der Waals surface area contributed by atoms with E-state index in [1.165, 1.54) is 80.4 Å². The van der Waals surface area contributed by atoms with Gasteiger partial charge in [-0.1, -0.05) is 192 Å². The highest BCUT2D eigenvalue weighted by atomic mass is 32.1. The molecule has 13 aromatic rings. The maximum Gasteiger partial charge on any atom is 0.242 e. The molecule has 0 fully saturated rings. The van der Waals surface area contributed by atoms with Gasteiger partial charge in [0, 0.05) is 48.8 Å². The van der Waals surface area contributed by atoms with Gasteiger partial charge in [-0.25, -0.2) is 9.97 Å². The molecule has 14 rings (SSSR count). The quantitative estimate of drug-likeness (QED) is 0.162. The zero-order chi connectivity index (χ0) is 41.9. The third kappa shape index (κ3) is 5.11. The van der Waals surface area contributed by atoms with Gasteiger partial charge < -0.3 is 4.57 Å². The van der Waals surface area contributed by atoms with E-state index in [0.29, 0.717) is 5.82 Å². The molecule has 64 heavy (non-hydrogen) atoms. The van der Waals surface area contributed by atoms with Gasteiger partial charge in [0.15, 0.2) is 5.82 Å². The van der Waals surface area contributed by atoms with Gasteiger partial charge in [-0.05, 0) is 46.8 Å². The van der Waals surface area contributed by atoms with Crippen LogP contribution in [0.15, 0.2) is 212 Å². The van der Waals surface area contributed by atoms with Gasteiger partial charge in [0.1, 0.15) is 5.82 Å². The first-order valence-electron chi connectivity index (χ1n) is 21.9. The lowest BCUT2D eigenvalue weighted by molar-refractivity contribution is 1.05. The van der Waals surface area contributed by atoms with E-state index >= 15 is 0 Å². The van der Waals surface area contributed by atoms with Crippen molar-refractivity contribution in [3.05, 3.63) is 212 Å². The van der Waals surface area contributed by atoms with Crippen molar-refractivity contribution in [3.8, 4) is 45.3 Å². The number of hydrogen-bond donors (Lipinski definition) is 0. The van der Waals surface area contributed by atoms with Crippen LogP contribution < -0.4 is 16.4 Å². The minimum Gasteiger partial charge on any atom is -0.308 e.